The van der Waals surface area contributed by atoms with Crippen molar-refractivity contribution in [2.75, 3.05) is 7.11 Å². The van der Waals surface area contributed by atoms with Gasteiger partial charge in [0.25, 0.3) is 5.91 Å². The normalized spacial score (nSPS) is 16.0. The lowest BCUT2D eigenvalue weighted by molar-refractivity contribution is 0.0945. The summed E-state index contributed by atoms with van der Waals surface area (Å²) in [5, 5.41) is 11.5. The van der Waals surface area contributed by atoms with E-state index in [0.717, 1.165) is 68.0 Å². The van der Waals surface area contributed by atoms with Gasteiger partial charge in [-0.05, 0) is 43.7 Å². The van der Waals surface area contributed by atoms with E-state index in [4.69, 9.17) is 4.74 Å². The number of nitrogens with one attached hydrogen (secondary N) is 1. The van der Waals surface area contributed by atoms with Gasteiger partial charge in [-0.15, -0.1) is 10.2 Å². The van der Waals surface area contributed by atoms with Crippen LogP contribution in [0.3, 0.4) is 0 Å². The van der Waals surface area contributed by atoms with Crippen LogP contribution in [0.2, 0.25) is 0 Å². The number of aromatic nitrogens is 4. The van der Waals surface area contributed by atoms with Gasteiger partial charge in [0.1, 0.15) is 11.4 Å². The number of nitrogens with zero attached hydrogens (tertiary/aromatic N) is 4. The minimum Gasteiger partial charge on any atom is -0.480 e. The smallest absolute Gasteiger partial charge is 0.257 e. The van der Waals surface area contributed by atoms with Crippen LogP contribution in [0.1, 0.15) is 58.9 Å². The van der Waals surface area contributed by atoms with Crippen molar-refractivity contribution in [1.29, 1.82) is 0 Å². The van der Waals surface area contributed by atoms with E-state index in [-0.39, 0.29) is 5.91 Å². The van der Waals surface area contributed by atoms with Gasteiger partial charge >= 0.3 is 0 Å². The molecule has 2 aromatic rings. The van der Waals surface area contributed by atoms with Crippen LogP contribution in [0.5, 0.6) is 5.88 Å². The van der Waals surface area contributed by atoms with Crippen LogP contribution in [-0.2, 0) is 32.4 Å². The number of fused-ring (bicyclic) bond motifs is 2. The first-order valence-corrected chi connectivity index (χ1v) is 9.02. The van der Waals surface area contributed by atoms with E-state index < -0.39 is 0 Å². The fraction of sp³-hybridized carbons (Fsp3) is 0.556. The fourth-order valence-electron chi connectivity index (χ4n) is 3.70. The van der Waals surface area contributed by atoms with Crippen LogP contribution >= 0.6 is 0 Å². The molecule has 0 aromatic carbocycles. The molecule has 132 valence electrons. The fourth-order valence-corrected chi connectivity index (χ4v) is 3.70. The second kappa shape index (κ2) is 6.82. The van der Waals surface area contributed by atoms with Crippen molar-refractivity contribution < 1.29 is 9.53 Å². The Hall–Kier alpha value is -2.44. The maximum absolute atomic E-state index is 12.7. The largest absolute Gasteiger partial charge is 0.480 e. The summed E-state index contributed by atoms with van der Waals surface area (Å²) >= 11 is 0. The van der Waals surface area contributed by atoms with Gasteiger partial charge in [-0.25, -0.2) is 4.98 Å². The number of amides is 1. The molecule has 2 aliphatic rings. The zero-order chi connectivity index (χ0) is 17.2. The molecule has 0 saturated carbocycles. The number of carbonyl (C=O) groups excluding carboxylic acids is 1. The van der Waals surface area contributed by atoms with Crippen LogP contribution < -0.4 is 10.1 Å². The SMILES string of the molecule is COc1nc2c(cc1C(=O)NCc1nnc3n1CCCCC3)CCC2. The molecule has 0 unspecified atom stereocenters. The summed E-state index contributed by atoms with van der Waals surface area (Å²) in [4.78, 5) is 17.2. The summed E-state index contributed by atoms with van der Waals surface area (Å²) in [6.45, 7) is 1.29. The summed E-state index contributed by atoms with van der Waals surface area (Å²) in [5.41, 5.74) is 2.71. The predicted octanol–water partition coefficient (Wildman–Crippen LogP) is 1.83. The van der Waals surface area contributed by atoms with Crippen molar-refractivity contribution in [3.05, 3.63) is 34.5 Å². The van der Waals surface area contributed by atoms with Crippen LogP contribution in [0.4, 0.5) is 0 Å². The van der Waals surface area contributed by atoms with Crippen molar-refractivity contribution in [2.24, 2.45) is 0 Å². The van der Waals surface area contributed by atoms with Crippen molar-refractivity contribution in [3.8, 4) is 5.88 Å². The summed E-state index contributed by atoms with van der Waals surface area (Å²) in [5.74, 6) is 2.07. The molecule has 7 heteroatoms. The van der Waals surface area contributed by atoms with Crippen LogP contribution in [0.25, 0.3) is 0 Å². The average molecular weight is 341 g/mol. The molecule has 7 nitrogen and oxygen atoms in total. The predicted molar refractivity (Wildman–Crippen MR) is 91.6 cm³/mol. The third kappa shape index (κ3) is 3.10. The van der Waals surface area contributed by atoms with E-state index >= 15 is 0 Å². The maximum Gasteiger partial charge on any atom is 0.257 e. The van der Waals surface area contributed by atoms with E-state index in [0.29, 0.717) is 18.0 Å². The van der Waals surface area contributed by atoms with Gasteiger partial charge in [0, 0.05) is 18.7 Å². The molecule has 2 aromatic heterocycles. The third-order valence-electron chi connectivity index (χ3n) is 5.05. The number of hydrogen-bond acceptors (Lipinski definition) is 5. The number of rotatable bonds is 4. The molecule has 0 atom stereocenters. The summed E-state index contributed by atoms with van der Waals surface area (Å²) in [7, 11) is 1.55. The molecule has 4 rings (SSSR count). The van der Waals surface area contributed by atoms with Crippen LogP contribution in [0, 0.1) is 0 Å². The molecule has 1 aliphatic heterocycles. The maximum atomic E-state index is 12.7. The molecule has 1 amide bonds. The molecule has 0 bridgehead atoms. The Kier molecular flexibility index (Phi) is 4.38. The monoisotopic (exact) mass is 341 g/mol. The molecule has 1 aliphatic carbocycles. The minimum atomic E-state index is -0.176. The minimum absolute atomic E-state index is 0.176. The lowest BCUT2D eigenvalue weighted by Crippen LogP contribution is -2.26. The number of methoxy groups -OCH3 is 1. The lowest BCUT2D eigenvalue weighted by atomic mass is 10.1. The Bertz CT molecular complexity index is 799. The Morgan fingerprint density at radius 2 is 2.12 bits per heavy atom. The van der Waals surface area contributed by atoms with E-state index in [9.17, 15) is 4.79 Å². The highest BCUT2D eigenvalue weighted by molar-refractivity contribution is 5.96. The molecule has 25 heavy (non-hydrogen) atoms. The Morgan fingerprint density at radius 1 is 1.20 bits per heavy atom. The van der Waals surface area contributed by atoms with E-state index in [1.54, 1.807) is 7.11 Å². The second-order valence-electron chi connectivity index (χ2n) is 6.68. The number of carbonyl (C=O) groups is 1. The van der Waals surface area contributed by atoms with E-state index in [2.05, 4.69) is 25.1 Å². The quantitative estimate of drug-likeness (QED) is 0.917. The van der Waals surface area contributed by atoms with Crippen molar-refractivity contribution >= 4 is 5.91 Å². The Morgan fingerprint density at radius 3 is 3.00 bits per heavy atom. The first kappa shape index (κ1) is 16.1. The van der Waals surface area contributed by atoms with E-state index in [1.165, 1.54) is 6.42 Å². The molecule has 0 fully saturated rings. The lowest BCUT2D eigenvalue weighted by Gasteiger charge is -2.11. The van der Waals surface area contributed by atoms with Gasteiger partial charge in [-0.1, -0.05) is 6.42 Å². The van der Waals surface area contributed by atoms with Gasteiger partial charge in [0.15, 0.2) is 5.82 Å². The highest BCUT2D eigenvalue weighted by atomic mass is 16.5. The van der Waals surface area contributed by atoms with Crippen LogP contribution in [0.15, 0.2) is 6.07 Å². The second-order valence-corrected chi connectivity index (χ2v) is 6.68. The molecule has 1 N–H and O–H groups in total. The Labute approximate surface area is 146 Å². The van der Waals surface area contributed by atoms with E-state index in [1.807, 2.05) is 6.07 Å². The van der Waals surface area contributed by atoms with Crippen molar-refractivity contribution in [2.45, 2.75) is 58.0 Å². The molecule has 0 saturated heterocycles. The topological polar surface area (TPSA) is 81.9 Å². The summed E-state index contributed by atoms with van der Waals surface area (Å²) < 4.78 is 7.48. The third-order valence-corrected chi connectivity index (χ3v) is 5.05. The molecule has 0 radical (unpaired) electrons. The zero-order valence-corrected chi connectivity index (χ0v) is 14.5. The highest BCUT2D eigenvalue weighted by Gasteiger charge is 2.22. The Balaban J connectivity index is 1.51. The molecular weight excluding hydrogens is 318 g/mol. The number of pyridine rings is 1. The first-order chi connectivity index (χ1) is 12.3. The van der Waals surface area contributed by atoms with Gasteiger partial charge in [-0.3, -0.25) is 4.79 Å². The van der Waals surface area contributed by atoms with Gasteiger partial charge < -0.3 is 14.6 Å². The summed E-state index contributed by atoms with van der Waals surface area (Å²) in [6.07, 6.45) is 7.49. The van der Waals surface area contributed by atoms with Gasteiger partial charge in [0.05, 0.1) is 13.7 Å². The van der Waals surface area contributed by atoms with Gasteiger partial charge in [-0.2, -0.15) is 0 Å². The zero-order valence-electron chi connectivity index (χ0n) is 14.5. The standard InChI is InChI=1S/C18H23N5O2/c1-25-18-13(10-12-6-5-7-14(12)20-18)17(24)19-11-16-22-21-15-8-3-2-4-9-23(15)16/h10H,2-9,11H2,1H3,(H,19,24). The molecule has 0 spiro atoms. The summed E-state index contributed by atoms with van der Waals surface area (Å²) in [6, 6.07) is 1.92. The number of aryl methyl sites for hydroxylation is 3. The van der Waals surface area contributed by atoms with Crippen molar-refractivity contribution in [3.63, 3.8) is 0 Å². The van der Waals surface area contributed by atoms with Crippen molar-refractivity contribution in [1.82, 2.24) is 25.1 Å². The molecule has 3 heterocycles. The van der Waals surface area contributed by atoms with Gasteiger partial charge in [0.2, 0.25) is 5.88 Å². The molecular formula is C18H23N5O2. The number of hydrogen-bond donors (Lipinski definition) is 1. The van der Waals surface area contributed by atoms with Crippen LogP contribution in [-0.4, -0.2) is 32.8 Å². The highest BCUT2D eigenvalue weighted by Crippen LogP contribution is 2.26. The average Bonchev–Trinajstić information content (AvgIpc) is 3.18. The first-order valence-electron chi connectivity index (χ1n) is 9.02. The number of ether oxygens (including phenoxy) is 1.